The minimum Gasteiger partial charge on any atom is -0.508 e. The maximum Gasteiger partial charge on any atom is 0.122 e. The SMILES string of the molecule is Cl.Oc1cc(O)cc(O)c1. The van der Waals surface area contributed by atoms with Gasteiger partial charge in [0.25, 0.3) is 0 Å². The van der Waals surface area contributed by atoms with E-state index >= 15 is 0 Å². The molecule has 3 N–H and O–H groups in total. The highest BCUT2D eigenvalue weighted by Crippen LogP contribution is 2.23. The minimum atomic E-state index is -0.146. The summed E-state index contributed by atoms with van der Waals surface area (Å²) in [5.41, 5.74) is 0. The molecule has 1 aromatic rings. The van der Waals surface area contributed by atoms with Gasteiger partial charge in [0, 0.05) is 18.2 Å². The van der Waals surface area contributed by atoms with Gasteiger partial charge in [-0.1, -0.05) is 0 Å². The molecule has 10 heavy (non-hydrogen) atoms. The predicted octanol–water partition coefficient (Wildman–Crippen LogP) is 1.23. The van der Waals surface area contributed by atoms with Crippen LogP contribution in [0.15, 0.2) is 18.2 Å². The number of phenolic OH excluding ortho intramolecular Hbond substituents is 3. The first kappa shape index (κ1) is 8.91. The molecule has 0 bridgehead atoms. The van der Waals surface area contributed by atoms with Crippen molar-refractivity contribution < 1.29 is 15.3 Å². The molecule has 0 radical (unpaired) electrons. The van der Waals surface area contributed by atoms with Crippen molar-refractivity contribution in [1.29, 1.82) is 0 Å². The second-order valence-electron chi connectivity index (χ2n) is 1.71. The van der Waals surface area contributed by atoms with Gasteiger partial charge in [0.15, 0.2) is 0 Å². The van der Waals surface area contributed by atoms with Crippen LogP contribution in [0, 0.1) is 0 Å². The molecule has 0 fully saturated rings. The summed E-state index contributed by atoms with van der Waals surface area (Å²) in [7, 11) is 0. The van der Waals surface area contributed by atoms with E-state index in [1.807, 2.05) is 0 Å². The van der Waals surface area contributed by atoms with Gasteiger partial charge in [0.1, 0.15) is 17.2 Å². The lowest BCUT2D eigenvalue weighted by Gasteiger charge is -1.94. The number of halogens is 1. The molecule has 0 saturated heterocycles. The summed E-state index contributed by atoms with van der Waals surface area (Å²) >= 11 is 0. The fourth-order valence-electron chi connectivity index (χ4n) is 0.580. The highest BCUT2D eigenvalue weighted by Gasteiger charge is 1.94. The second-order valence-corrected chi connectivity index (χ2v) is 1.71. The molecule has 0 aromatic heterocycles. The summed E-state index contributed by atoms with van der Waals surface area (Å²) < 4.78 is 0. The standard InChI is InChI=1S/C6H6O3.ClH/c7-4-1-5(8)3-6(9)2-4;/h1-3,7-9H;1H. The van der Waals surface area contributed by atoms with E-state index in [1.165, 1.54) is 0 Å². The highest BCUT2D eigenvalue weighted by atomic mass is 35.5. The van der Waals surface area contributed by atoms with Gasteiger partial charge < -0.3 is 15.3 Å². The van der Waals surface area contributed by atoms with Crippen LogP contribution < -0.4 is 0 Å². The fraction of sp³-hybridized carbons (Fsp3) is 0. The lowest BCUT2D eigenvalue weighted by Crippen LogP contribution is -1.66. The average Bonchev–Trinajstić information content (AvgIpc) is 1.59. The van der Waals surface area contributed by atoms with E-state index in [4.69, 9.17) is 15.3 Å². The molecular formula is C6H7ClO3. The van der Waals surface area contributed by atoms with Crippen LogP contribution in [0.25, 0.3) is 0 Å². The van der Waals surface area contributed by atoms with Crippen LogP contribution in [0.2, 0.25) is 0 Å². The average molecular weight is 163 g/mol. The molecule has 0 aliphatic rings. The Labute approximate surface area is 64.0 Å². The number of benzene rings is 1. The first-order chi connectivity index (χ1) is 4.18. The van der Waals surface area contributed by atoms with Crippen molar-refractivity contribution in [2.75, 3.05) is 0 Å². The molecule has 0 amide bonds. The molecule has 0 aliphatic heterocycles. The van der Waals surface area contributed by atoms with Crippen LogP contribution in [-0.2, 0) is 0 Å². The second kappa shape index (κ2) is 3.17. The summed E-state index contributed by atoms with van der Waals surface area (Å²) in [5.74, 6) is -0.437. The largest absolute Gasteiger partial charge is 0.508 e. The third-order valence-electron chi connectivity index (χ3n) is 0.887. The zero-order valence-corrected chi connectivity index (χ0v) is 5.80. The van der Waals surface area contributed by atoms with Crippen molar-refractivity contribution in [3.8, 4) is 17.2 Å². The lowest BCUT2D eigenvalue weighted by atomic mass is 10.3. The maximum absolute atomic E-state index is 8.67. The van der Waals surface area contributed by atoms with Crippen LogP contribution >= 0.6 is 12.4 Å². The summed E-state index contributed by atoms with van der Waals surface area (Å²) in [4.78, 5) is 0. The van der Waals surface area contributed by atoms with E-state index in [0.29, 0.717) is 0 Å². The van der Waals surface area contributed by atoms with Gasteiger partial charge in [0.2, 0.25) is 0 Å². The van der Waals surface area contributed by atoms with Gasteiger partial charge in [-0.3, -0.25) is 0 Å². The topological polar surface area (TPSA) is 60.7 Å². The Bertz CT molecular complexity index is 174. The first-order valence-electron chi connectivity index (χ1n) is 2.40. The van der Waals surface area contributed by atoms with Crippen molar-refractivity contribution in [2.24, 2.45) is 0 Å². The lowest BCUT2D eigenvalue weighted by molar-refractivity contribution is 0.428. The molecule has 0 heterocycles. The Morgan fingerprint density at radius 3 is 1.10 bits per heavy atom. The monoisotopic (exact) mass is 162 g/mol. The van der Waals surface area contributed by atoms with Gasteiger partial charge in [-0.05, 0) is 0 Å². The zero-order chi connectivity index (χ0) is 6.85. The van der Waals surface area contributed by atoms with Crippen molar-refractivity contribution >= 4 is 12.4 Å². The maximum atomic E-state index is 8.67. The van der Waals surface area contributed by atoms with Gasteiger partial charge in [0.05, 0.1) is 0 Å². The van der Waals surface area contributed by atoms with Crippen molar-refractivity contribution in [1.82, 2.24) is 0 Å². The molecule has 0 saturated carbocycles. The van der Waals surface area contributed by atoms with Crippen LogP contribution in [0.3, 0.4) is 0 Å². The minimum absolute atomic E-state index is 0. The van der Waals surface area contributed by atoms with E-state index in [2.05, 4.69) is 0 Å². The summed E-state index contributed by atoms with van der Waals surface area (Å²) in [6.45, 7) is 0. The van der Waals surface area contributed by atoms with Crippen molar-refractivity contribution in [2.45, 2.75) is 0 Å². The summed E-state index contributed by atoms with van der Waals surface area (Å²) in [6.07, 6.45) is 0. The molecule has 0 spiro atoms. The van der Waals surface area contributed by atoms with Gasteiger partial charge >= 0.3 is 0 Å². The molecule has 0 unspecified atom stereocenters. The van der Waals surface area contributed by atoms with Gasteiger partial charge in [-0.15, -0.1) is 12.4 Å². The summed E-state index contributed by atoms with van der Waals surface area (Å²) in [6, 6.07) is 3.42. The number of hydrogen-bond acceptors (Lipinski definition) is 3. The Balaban J connectivity index is 0.000000810. The van der Waals surface area contributed by atoms with E-state index < -0.39 is 0 Å². The van der Waals surface area contributed by atoms with Gasteiger partial charge in [-0.25, -0.2) is 0 Å². The van der Waals surface area contributed by atoms with Crippen LogP contribution in [0.4, 0.5) is 0 Å². The fourth-order valence-corrected chi connectivity index (χ4v) is 0.580. The zero-order valence-electron chi connectivity index (χ0n) is 4.98. The Morgan fingerprint density at radius 1 is 0.700 bits per heavy atom. The number of phenols is 3. The van der Waals surface area contributed by atoms with E-state index in [0.717, 1.165) is 18.2 Å². The van der Waals surface area contributed by atoms with Crippen LogP contribution in [0.1, 0.15) is 0 Å². The van der Waals surface area contributed by atoms with Crippen LogP contribution in [-0.4, -0.2) is 15.3 Å². The third kappa shape index (κ3) is 2.03. The van der Waals surface area contributed by atoms with E-state index in [1.54, 1.807) is 0 Å². The number of hydrogen-bond donors (Lipinski definition) is 3. The van der Waals surface area contributed by atoms with E-state index in [9.17, 15) is 0 Å². The Hall–Kier alpha value is -1.09. The highest BCUT2D eigenvalue weighted by molar-refractivity contribution is 5.85. The summed E-state index contributed by atoms with van der Waals surface area (Å²) in [5, 5.41) is 26.0. The van der Waals surface area contributed by atoms with Crippen molar-refractivity contribution in [3.05, 3.63) is 18.2 Å². The molecule has 3 nitrogen and oxygen atoms in total. The van der Waals surface area contributed by atoms with Crippen LogP contribution in [0.5, 0.6) is 17.2 Å². The molecule has 1 rings (SSSR count). The molecular weight excluding hydrogens is 156 g/mol. The quantitative estimate of drug-likeness (QED) is 0.538. The molecule has 56 valence electrons. The molecule has 1 aromatic carbocycles. The van der Waals surface area contributed by atoms with Gasteiger partial charge in [-0.2, -0.15) is 0 Å². The first-order valence-corrected chi connectivity index (χ1v) is 2.40. The number of aromatic hydroxyl groups is 3. The predicted molar refractivity (Wildman–Crippen MR) is 38.7 cm³/mol. The molecule has 4 heteroatoms. The smallest absolute Gasteiger partial charge is 0.122 e. The Kier molecular flexibility index (Phi) is 2.83. The Morgan fingerprint density at radius 2 is 0.900 bits per heavy atom. The molecule has 0 aliphatic carbocycles. The number of rotatable bonds is 0. The molecule has 0 atom stereocenters. The third-order valence-corrected chi connectivity index (χ3v) is 0.887. The van der Waals surface area contributed by atoms with E-state index in [-0.39, 0.29) is 29.7 Å². The normalized spacial score (nSPS) is 8.40. The van der Waals surface area contributed by atoms with Crippen molar-refractivity contribution in [3.63, 3.8) is 0 Å².